The number of aryl methyl sites for hydroxylation is 1. The molecule has 2 aliphatic heterocycles. The Kier molecular flexibility index (Phi) is 5.87. The van der Waals surface area contributed by atoms with Crippen LogP contribution in [0, 0.1) is 12.3 Å². The van der Waals surface area contributed by atoms with E-state index in [1.165, 1.54) is 0 Å². The minimum atomic E-state index is -2.65. The van der Waals surface area contributed by atoms with Gasteiger partial charge in [-0.1, -0.05) is 35.3 Å². The summed E-state index contributed by atoms with van der Waals surface area (Å²) in [6, 6.07) is 4.81. The summed E-state index contributed by atoms with van der Waals surface area (Å²) in [6.45, 7) is 2.77. The fraction of sp³-hybridized carbons (Fsp3) is 0.450. The number of aromatic nitrogens is 2. The zero-order valence-electron chi connectivity index (χ0n) is 16.9. The maximum atomic E-state index is 12.0. The van der Waals surface area contributed by atoms with Crippen molar-refractivity contribution in [1.29, 1.82) is 0 Å². The van der Waals surface area contributed by atoms with Gasteiger partial charge in [0.15, 0.2) is 11.5 Å². The van der Waals surface area contributed by atoms with Crippen molar-refractivity contribution in [2.24, 2.45) is 11.1 Å². The summed E-state index contributed by atoms with van der Waals surface area (Å²) < 4.78 is 20.2. The number of nitrogens with zero attached hydrogens (tertiary/aromatic N) is 3. The lowest BCUT2D eigenvalue weighted by molar-refractivity contribution is 0.0690. The summed E-state index contributed by atoms with van der Waals surface area (Å²) in [4.78, 5) is 22.9. The first-order chi connectivity index (χ1) is 14.5. The van der Waals surface area contributed by atoms with Crippen molar-refractivity contribution in [2.75, 3.05) is 29.5 Å². The molecule has 5 N–H and O–H groups in total. The number of aromatic carboxylic acids is 1. The molecule has 0 amide bonds. The monoisotopic (exact) mass is 486 g/mol. The number of hydrogen-bond donors (Lipinski definition) is 4. The van der Waals surface area contributed by atoms with Gasteiger partial charge in [-0.2, -0.15) is 10.6 Å². The van der Waals surface area contributed by atoms with Gasteiger partial charge < -0.3 is 15.7 Å². The standard InChI is InChI=1S/C20H24Cl2N4O4S/c1-11-16(12-3-2-4-13(21)15(12)22)25-17(19(27)28)18(24-11)26-7-5-20(6-8-26)10-31(29,30)9-14(20)23/h2-4,14,29-30H,5-10,23H2,1H3,(H,27,28). The smallest absolute Gasteiger partial charge is 0.358 e. The van der Waals surface area contributed by atoms with Crippen molar-refractivity contribution in [1.82, 2.24) is 9.97 Å². The Morgan fingerprint density at radius 3 is 2.52 bits per heavy atom. The molecule has 4 rings (SSSR count). The molecule has 11 heteroatoms. The van der Waals surface area contributed by atoms with Gasteiger partial charge in [-0.25, -0.2) is 14.8 Å². The van der Waals surface area contributed by atoms with E-state index in [4.69, 9.17) is 28.9 Å². The number of carbonyl (C=O) groups is 1. The molecule has 2 aliphatic rings. The largest absolute Gasteiger partial charge is 0.476 e. The lowest BCUT2D eigenvalue weighted by Crippen LogP contribution is -2.49. The molecule has 3 heterocycles. The van der Waals surface area contributed by atoms with Crippen molar-refractivity contribution in [3.05, 3.63) is 39.6 Å². The van der Waals surface area contributed by atoms with Crippen LogP contribution in [0.1, 0.15) is 29.0 Å². The molecule has 0 radical (unpaired) electrons. The Bertz CT molecular complexity index is 1040. The Hall–Kier alpha value is -1.62. The molecule has 1 unspecified atom stereocenters. The van der Waals surface area contributed by atoms with Gasteiger partial charge >= 0.3 is 5.97 Å². The van der Waals surface area contributed by atoms with E-state index >= 15 is 0 Å². The molecule has 1 atom stereocenters. The summed E-state index contributed by atoms with van der Waals surface area (Å²) >= 11 is 12.4. The first kappa shape index (κ1) is 22.6. The van der Waals surface area contributed by atoms with Gasteiger partial charge in [-0.3, -0.25) is 9.11 Å². The number of anilines is 1. The Morgan fingerprint density at radius 2 is 1.94 bits per heavy atom. The van der Waals surface area contributed by atoms with E-state index < -0.39 is 16.6 Å². The van der Waals surface area contributed by atoms with Crippen LogP contribution in [-0.2, 0) is 0 Å². The van der Waals surface area contributed by atoms with Gasteiger partial charge in [-0.05, 0) is 25.8 Å². The third-order valence-electron chi connectivity index (χ3n) is 6.27. The summed E-state index contributed by atoms with van der Waals surface area (Å²) in [6.07, 6.45) is 1.26. The number of piperidine rings is 1. The number of rotatable bonds is 3. The van der Waals surface area contributed by atoms with E-state index in [0.717, 1.165) is 0 Å². The number of carboxylic acid groups (broad SMARTS) is 1. The van der Waals surface area contributed by atoms with Crippen LogP contribution in [0.2, 0.25) is 10.0 Å². The first-order valence-corrected chi connectivity index (χ1v) is 12.5. The van der Waals surface area contributed by atoms with E-state index in [-0.39, 0.29) is 22.9 Å². The van der Waals surface area contributed by atoms with Crippen LogP contribution in [0.3, 0.4) is 0 Å². The molecule has 1 aromatic carbocycles. The number of benzene rings is 1. The minimum absolute atomic E-state index is 0.160. The SMILES string of the molecule is Cc1nc(N2CCC3(CC2)CS(O)(O)CC3N)c(C(=O)O)nc1-c1cccc(Cl)c1Cl. The molecule has 8 nitrogen and oxygen atoms in total. The van der Waals surface area contributed by atoms with E-state index in [0.29, 0.717) is 64.5 Å². The number of nitrogens with two attached hydrogens (primary N) is 1. The molecule has 2 saturated heterocycles. The molecular formula is C20H24Cl2N4O4S. The third-order valence-corrected chi connectivity index (χ3v) is 9.02. The quantitative estimate of drug-likeness (QED) is 0.508. The molecule has 1 aromatic heterocycles. The molecule has 0 bridgehead atoms. The van der Waals surface area contributed by atoms with E-state index in [2.05, 4.69) is 9.97 Å². The molecule has 1 spiro atoms. The highest BCUT2D eigenvalue weighted by Gasteiger charge is 2.50. The van der Waals surface area contributed by atoms with Gasteiger partial charge in [0, 0.05) is 35.9 Å². The number of carboxylic acids is 1. The van der Waals surface area contributed by atoms with Crippen LogP contribution in [-0.4, -0.2) is 60.8 Å². The maximum absolute atomic E-state index is 12.0. The van der Waals surface area contributed by atoms with Crippen LogP contribution in [0.5, 0.6) is 0 Å². The second-order valence-electron chi connectivity index (χ2n) is 8.31. The van der Waals surface area contributed by atoms with Crippen LogP contribution in [0.4, 0.5) is 5.82 Å². The second kappa shape index (κ2) is 8.06. The summed E-state index contributed by atoms with van der Waals surface area (Å²) in [5.74, 6) is -0.368. The minimum Gasteiger partial charge on any atom is -0.476 e. The van der Waals surface area contributed by atoms with E-state index in [1.807, 2.05) is 4.90 Å². The highest BCUT2D eigenvalue weighted by atomic mass is 35.5. The molecule has 168 valence electrons. The Morgan fingerprint density at radius 1 is 1.26 bits per heavy atom. The summed E-state index contributed by atoms with van der Waals surface area (Å²) in [7, 11) is -2.65. The predicted molar refractivity (Wildman–Crippen MR) is 124 cm³/mol. The number of hydrogen-bond acceptors (Lipinski definition) is 7. The molecule has 2 aromatic rings. The molecule has 31 heavy (non-hydrogen) atoms. The zero-order valence-corrected chi connectivity index (χ0v) is 19.2. The summed E-state index contributed by atoms with van der Waals surface area (Å²) in [5.41, 5.74) is 7.19. The fourth-order valence-corrected chi connectivity index (χ4v) is 7.44. The molecular weight excluding hydrogens is 463 g/mol. The van der Waals surface area contributed by atoms with Crippen LogP contribution >= 0.6 is 33.8 Å². The Balaban J connectivity index is 1.66. The summed E-state index contributed by atoms with van der Waals surface area (Å²) in [5, 5.41) is 10.5. The highest BCUT2D eigenvalue weighted by Crippen LogP contribution is 2.57. The van der Waals surface area contributed by atoms with Gasteiger partial charge in [0.1, 0.15) is 0 Å². The fourth-order valence-electron chi connectivity index (χ4n) is 4.58. The second-order valence-corrected chi connectivity index (χ2v) is 11.3. The zero-order chi connectivity index (χ0) is 22.6. The average molecular weight is 487 g/mol. The van der Waals surface area contributed by atoms with Crippen molar-refractivity contribution >= 4 is 45.6 Å². The maximum Gasteiger partial charge on any atom is 0.358 e. The predicted octanol–water partition coefficient (Wildman–Crippen LogP) is 4.14. The van der Waals surface area contributed by atoms with Gasteiger partial charge in [0.05, 0.1) is 27.2 Å². The Labute approximate surface area is 191 Å². The average Bonchev–Trinajstić information content (AvgIpc) is 2.92. The normalized spacial score (nSPS) is 23.2. The third kappa shape index (κ3) is 4.10. The van der Waals surface area contributed by atoms with Gasteiger partial charge in [-0.15, -0.1) is 0 Å². The van der Waals surface area contributed by atoms with Gasteiger partial charge in [0.2, 0.25) is 0 Å². The van der Waals surface area contributed by atoms with Crippen LogP contribution < -0.4 is 10.6 Å². The van der Waals surface area contributed by atoms with E-state index in [1.54, 1.807) is 25.1 Å². The van der Waals surface area contributed by atoms with E-state index in [9.17, 15) is 19.0 Å². The number of halogens is 2. The molecule has 0 saturated carbocycles. The first-order valence-electron chi connectivity index (χ1n) is 9.83. The topological polar surface area (TPSA) is 133 Å². The lowest BCUT2D eigenvalue weighted by atomic mass is 9.75. The van der Waals surface area contributed by atoms with Crippen LogP contribution in [0.15, 0.2) is 18.2 Å². The highest BCUT2D eigenvalue weighted by molar-refractivity contribution is 8.24. The molecule has 2 fully saturated rings. The van der Waals surface area contributed by atoms with Crippen molar-refractivity contribution < 1.29 is 19.0 Å². The van der Waals surface area contributed by atoms with Crippen molar-refractivity contribution in [3.63, 3.8) is 0 Å². The van der Waals surface area contributed by atoms with Crippen molar-refractivity contribution in [2.45, 2.75) is 25.8 Å². The molecule has 0 aliphatic carbocycles. The van der Waals surface area contributed by atoms with Crippen LogP contribution in [0.25, 0.3) is 11.3 Å². The lowest BCUT2D eigenvalue weighted by Gasteiger charge is -2.42. The van der Waals surface area contributed by atoms with Gasteiger partial charge in [0.25, 0.3) is 0 Å². The van der Waals surface area contributed by atoms with Crippen molar-refractivity contribution in [3.8, 4) is 11.3 Å².